The Balaban J connectivity index is 1.88. The lowest BCUT2D eigenvalue weighted by Crippen LogP contribution is -2.23. The summed E-state index contributed by atoms with van der Waals surface area (Å²) in [5.41, 5.74) is 2.19. The number of furan rings is 1. The maximum Gasteiger partial charge on any atom is 0.134 e. The monoisotopic (exact) mass is 275 g/mol. The van der Waals surface area contributed by atoms with E-state index in [9.17, 15) is 0 Å². The lowest BCUT2D eigenvalue weighted by Gasteiger charge is -2.12. The molecule has 0 bridgehead atoms. The van der Waals surface area contributed by atoms with Crippen LogP contribution in [0.3, 0.4) is 0 Å². The van der Waals surface area contributed by atoms with E-state index >= 15 is 0 Å². The molecule has 20 heavy (non-hydrogen) atoms. The van der Waals surface area contributed by atoms with Crippen LogP contribution in [0.4, 0.5) is 0 Å². The zero-order chi connectivity index (χ0) is 14.4. The maximum atomic E-state index is 5.95. The number of para-hydroxylation sites is 1. The van der Waals surface area contributed by atoms with E-state index in [0.29, 0.717) is 0 Å². The second-order valence-electron chi connectivity index (χ2n) is 5.23. The van der Waals surface area contributed by atoms with Gasteiger partial charge in [0.2, 0.25) is 0 Å². The Morgan fingerprint density at radius 2 is 2.05 bits per heavy atom. The molecule has 0 saturated heterocycles. The van der Waals surface area contributed by atoms with Crippen molar-refractivity contribution in [2.24, 2.45) is 0 Å². The summed E-state index contributed by atoms with van der Waals surface area (Å²) in [5, 5.41) is 4.66. The number of benzene rings is 1. The van der Waals surface area contributed by atoms with Crippen molar-refractivity contribution in [3.63, 3.8) is 0 Å². The molecule has 0 amide bonds. The van der Waals surface area contributed by atoms with Gasteiger partial charge in [-0.05, 0) is 31.9 Å². The minimum atomic E-state index is 0.206. The first-order valence-electron chi connectivity index (χ1n) is 7.53. The van der Waals surface area contributed by atoms with Gasteiger partial charge in [0.25, 0.3) is 0 Å². The molecule has 1 N–H and O–H groups in total. The summed E-state index contributed by atoms with van der Waals surface area (Å²) in [7, 11) is 0. The SMILES string of the molecule is CCCCOCCNC(C)c1oc2ccccc2c1C. The fourth-order valence-corrected chi connectivity index (χ4v) is 2.40. The molecule has 0 spiro atoms. The summed E-state index contributed by atoms with van der Waals surface area (Å²) in [6.07, 6.45) is 2.32. The van der Waals surface area contributed by atoms with E-state index < -0.39 is 0 Å². The van der Waals surface area contributed by atoms with Gasteiger partial charge in [-0.15, -0.1) is 0 Å². The van der Waals surface area contributed by atoms with Crippen molar-refractivity contribution in [2.75, 3.05) is 19.8 Å². The molecule has 1 heterocycles. The summed E-state index contributed by atoms with van der Waals surface area (Å²) in [5.74, 6) is 1.03. The van der Waals surface area contributed by atoms with Gasteiger partial charge >= 0.3 is 0 Å². The Morgan fingerprint density at radius 3 is 2.80 bits per heavy atom. The van der Waals surface area contributed by atoms with E-state index in [0.717, 1.165) is 37.5 Å². The Bertz CT molecular complexity index is 533. The highest BCUT2D eigenvalue weighted by atomic mass is 16.5. The highest BCUT2D eigenvalue weighted by Gasteiger charge is 2.15. The van der Waals surface area contributed by atoms with Crippen LogP contribution in [0.15, 0.2) is 28.7 Å². The second-order valence-corrected chi connectivity index (χ2v) is 5.23. The maximum absolute atomic E-state index is 5.95. The van der Waals surface area contributed by atoms with E-state index in [1.54, 1.807) is 0 Å². The van der Waals surface area contributed by atoms with E-state index in [-0.39, 0.29) is 6.04 Å². The fourth-order valence-electron chi connectivity index (χ4n) is 2.40. The molecular weight excluding hydrogens is 250 g/mol. The van der Waals surface area contributed by atoms with Gasteiger partial charge in [0.05, 0.1) is 12.6 Å². The van der Waals surface area contributed by atoms with Crippen molar-refractivity contribution in [3.8, 4) is 0 Å². The third kappa shape index (κ3) is 3.62. The van der Waals surface area contributed by atoms with E-state index in [2.05, 4.69) is 32.2 Å². The van der Waals surface area contributed by atoms with Crippen LogP contribution >= 0.6 is 0 Å². The summed E-state index contributed by atoms with van der Waals surface area (Å²) >= 11 is 0. The first-order valence-corrected chi connectivity index (χ1v) is 7.53. The molecule has 0 aliphatic carbocycles. The molecule has 0 saturated carbocycles. The van der Waals surface area contributed by atoms with Crippen LogP contribution in [0.5, 0.6) is 0 Å². The molecule has 0 fully saturated rings. The number of hydrogen-bond acceptors (Lipinski definition) is 3. The van der Waals surface area contributed by atoms with E-state index in [1.807, 2.05) is 18.2 Å². The normalized spacial score (nSPS) is 12.9. The fraction of sp³-hybridized carbons (Fsp3) is 0.529. The first kappa shape index (κ1) is 15.1. The molecule has 110 valence electrons. The van der Waals surface area contributed by atoms with Crippen LogP contribution in [0.2, 0.25) is 0 Å². The zero-order valence-corrected chi connectivity index (χ0v) is 12.7. The van der Waals surface area contributed by atoms with Crippen LogP contribution in [0.1, 0.15) is 44.1 Å². The molecule has 1 unspecified atom stereocenters. The summed E-state index contributed by atoms with van der Waals surface area (Å²) in [6, 6.07) is 8.39. The number of rotatable bonds is 8. The molecule has 0 aliphatic rings. The van der Waals surface area contributed by atoms with Crippen LogP contribution < -0.4 is 5.32 Å². The van der Waals surface area contributed by atoms with Crippen LogP contribution in [-0.2, 0) is 4.74 Å². The Morgan fingerprint density at radius 1 is 1.25 bits per heavy atom. The third-order valence-electron chi connectivity index (χ3n) is 3.61. The van der Waals surface area contributed by atoms with Gasteiger partial charge in [-0.2, -0.15) is 0 Å². The van der Waals surface area contributed by atoms with Crippen molar-refractivity contribution >= 4 is 11.0 Å². The topological polar surface area (TPSA) is 34.4 Å². The molecule has 2 aromatic rings. The quantitative estimate of drug-likeness (QED) is 0.733. The summed E-state index contributed by atoms with van der Waals surface area (Å²) in [4.78, 5) is 0. The standard InChI is InChI=1S/C17H25NO2/c1-4-5-11-19-12-10-18-14(3)17-13(2)15-8-6-7-9-16(15)20-17/h6-9,14,18H,4-5,10-12H2,1-3H3. The lowest BCUT2D eigenvalue weighted by molar-refractivity contribution is 0.130. The molecular formula is C17H25NO2. The van der Waals surface area contributed by atoms with Gasteiger partial charge < -0.3 is 14.5 Å². The van der Waals surface area contributed by atoms with Crippen molar-refractivity contribution < 1.29 is 9.15 Å². The van der Waals surface area contributed by atoms with Crippen molar-refractivity contribution in [3.05, 3.63) is 35.6 Å². The Kier molecular flexibility index (Phi) is 5.62. The molecule has 1 aromatic carbocycles. The molecule has 3 heteroatoms. The number of unbranched alkanes of at least 4 members (excludes halogenated alkanes) is 1. The summed E-state index contributed by atoms with van der Waals surface area (Å²) < 4.78 is 11.5. The van der Waals surface area contributed by atoms with Gasteiger partial charge in [0.1, 0.15) is 11.3 Å². The Labute approximate surface area is 121 Å². The number of fused-ring (bicyclic) bond motifs is 1. The largest absolute Gasteiger partial charge is 0.459 e. The van der Waals surface area contributed by atoms with Gasteiger partial charge in [-0.1, -0.05) is 31.5 Å². The van der Waals surface area contributed by atoms with Gasteiger partial charge in [-0.3, -0.25) is 0 Å². The minimum absolute atomic E-state index is 0.206. The van der Waals surface area contributed by atoms with Crippen LogP contribution in [0.25, 0.3) is 11.0 Å². The van der Waals surface area contributed by atoms with E-state index in [1.165, 1.54) is 17.4 Å². The van der Waals surface area contributed by atoms with Crippen molar-refractivity contribution in [2.45, 2.75) is 39.7 Å². The zero-order valence-electron chi connectivity index (χ0n) is 12.7. The average Bonchev–Trinajstić information content (AvgIpc) is 2.80. The molecule has 3 nitrogen and oxygen atoms in total. The van der Waals surface area contributed by atoms with Crippen molar-refractivity contribution in [1.29, 1.82) is 0 Å². The third-order valence-corrected chi connectivity index (χ3v) is 3.61. The van der Waals surface area contributed by atoms with Crippen LogP contribution in [-0.4, -0.2) is 19.8 Å². The highest BCUT2D eigenvalue weighted by molar-refractivity contribution is 5.82. The predicted octanol–water partition coefficient (Wildman–Crippen LogP) is 4.21. The number of ether oxygens (including phenoxy) is 1. The minimum Gasteiger partial charge on any atom is -0.459 e. The molecule has 2 rings (SSSR count). The summed E-state index contributed by atoms with van der Waals surface area (Å²) in [6.45, 7) is 8.89. The molecule has 0 aliphatic heterocycles. The smallest absolute Gasteiger partial charge is 0.134 e. The van der Waals surface area contributed by atoms with Gasteiger partial charge in [0, 0.05) is 18.5 Å². The molecule has 1 aromatic heterocycles. The highest BCUT2D eigenvalue weighted by Crippen LogP contribution is 2.28. The molecule has 1 atom stereocenters. The first-order chi connectivity index (χ1) is 9.74. The van der Waals surface area contributed by atoms with Crippen molar-refractivity contribution in [1.82, 2.24) is 5.32 Å². The van der Waals surface area contributed by atoms with E-state index in [4.69, 9.17) is 9.15 Å². The second kappa shape index (κ2) is 7.46. The Hall–Kier alpha value is -1.32. The molecule has 0 radical (unpaired) electrons. The number of nitrogens with one attached hydrogen (secondary N) is 1. The van der Waals surface area contributed by atoms with Gasteiger partial charge in [0.15, 0.2) is 0 Å². The predicted molar refractivity (Wildman–Crippen MR) is 83.1 cm³/mol. The number of aryl methyl sites for hydroxylation is 1. The van der Waals surface area contributed by atoms with Crippen LogP contribution in [0, 0.1) is 6.92 Å². The van der Waals surface area contributed by atoms with Gasteiger partial charge in [-0.25, -0.2) is 0 Å². The number of hydrogen-bond donors (Lipinski definition) is 1. The lowest BCUT2D eigenvalue weighted by atomic mass is 10.1. The average molecular weight is 275 g/mol.